The van der Waals surface area contributed by atoms with Crippen LogP contribution >= 0.6 is 11.8 Å². The number of nitro groups is 1. The number of nitrogens with zero attached hydrogens (tertiary/aromatic N) is 5. The molecular formula is C22H18N6O3S. The molecule has 0 aliphatic rings. The topological polar surface area (TPSA) is 116 Å². The number of aryl methyl sites for hydroxylation is 1. The van der Waals surface area contributed by atoms with Crippen LogP contribution in [0.4, 0.5) is 5.69 Å². The minimum Gasteiger partial charge on any atom is -0.340 e. The molecule has 160 valence electrons. The van der Waals surface area contributed by atoms with Crippen molar-refractivity contribution in [3.8, 4) is 0 Å². The van der Waals surface area contributed by atoms with Crippen molar-refractivity contribution < 1.29 is 9.72 Å². The van der Waals surface area contributed by atoms with Crippen LogP contribution < -0.4 is 5.32 Å². The van der Waals surface area contributed by atoms with Gasteiger partial charge in [0.05, 0.1) is 21.6 Å². The molecule has 32 heavy (non-hydrogen) atoms. The molecule has 0 saturated heterocycles. The number of amides is 1. The van der Waals surface area contributed by atoms with Gasteiger partial charge in [-0.1, -0.05) is 36.4 Å². The summed E-state index contributed by atoms with van der Waals surface area (Å²) >= 11 is 1.11. The number of nitrogens with one attached hydrogen (secondary N) is 1. The molecule has 2 aromatic heterocycles. The molecule has 0 aliphatic heterocycles. The van der Waals surface area contributed by atoms with E-state index in [1.165, 1.54) is 12.4 Å². The Bertz CT molecular complexity index is 1210. The van der Waals surface area contributed by atoms with Crippen LogP contribution in [0, 0.1) is 10.1 Å². The normalized spacial score (nSPS) is 11.7. The molecule has 0 spiro atoms. The highest BCUT2D eigenvalue weighted by Gasteiger charge is 2.23. The van der Waals surface area contributed by atoms with Gasteiger partial charge in [-0.05, 0) is 41.6 Å². The van der Waals surface area contributed by atoms with E-state index in [1.54, 1.807) is 36.0 Å². The second kappa shape index (κ2) is 9.40. The van der Waals surface area contributed by atoms with E-state index in [4.69, 9.17) is 0 Å². The smallest absolute Gasteiger partial charge is 0.284 e. The van der Waals surface area contributed by atoms with Crippen LogP contribution in [0.5, 0.6) is 0 Å². The van der Waals surface area contributed by atoms with Gasteiger partial charge in [0.15, 0.2) is 5.16 Å². The fourth-order valence-corrected chi connectivity index (χ4v) is 3.94. The Hall–Kier alpha value is -4.05. The fourth-order valence-electron chi connectivity index (χ4n) is 3.09. The monoisotopic (exact) mass is 446 g/mol. The van der Waals surface area contributed by atoms with Crippen LogP contribution in [-0.2, 0) is 7.05 Å². The summed E-state index contributed by atoms with van der Waals surface area (Å²) < 4.78 is 1.66. The largest absolute Gasteiger partial charge is 0.340 e. The first-order valence-electron chi connectivity index (χ1n) is 9.60. The van der Waals surface area contributed by atoms with E-state index in [9.17, 15) is 14.9 Å². The molecule has 2 aromatic carbocycles. The molecule has 0 bridgehead atoms. The Labute approximate surface area is 187 Å². The van der Waals surface area contributed by atoms with Crippen LogP contribution in [0.1, 0.15) is 27.7 Å². The second-order valence-electron chi connectivity index (χ2n) is 6.84. The van der Waals surface area contributed by atoms with Gasteiger partial charge >= 0.3 is 0 Å². The van der Waals surface area contributed by atoms with Crippen molar-refractivity contribution in [1.29, 1.82) is 0 Å². The molecule has 2 heterocycles. The summed E-state index contributed by atoms with van der Waals surface area (Å²) in [5, 5.41) is 22.9. The van der Waals surface area contributed by atoms with E-state index < -0.39 is 16.9 Å². The maximum absolute atomic E-state index is 13.1. The van der Waals surface area contributed by atoms with Crippen LogP contribution in [0.2, 0.25) is 0 Å². The average molecular weight is 446 g/mol. The zero-order valence-electron chi connectivity index (χ0n) is 17.0. The third-order valence-electron chi connectivity index (χ3n) is 4.68. The number of rotatable bonds is 7. The van der Waals surface area contributed by atoms with Gasteiger partial charge in [-0.15, -0.1) is 10.2 Å². The van der Waals surface area contributed by atoms with Crippen LogP contribution in [0.3, 0.4) is 0 Å². The van der Waals surface area contributed by atoms with Crippen molar-refractivity contribution in [2.75, 3.05) is 0 Å². The van der Waals surface area contributed by atoms with Gasteiger partial charge in [0, 0.05) is 24.9 Å². The quantitative estimate of drug-likeness (QED) is 0.339. The van der Waals surface area contributed by atoms with Crippen molar-refractivity contribution in [3.63, 3.8) is 0 Å². The zero-order chi connectivity index (χ0) is 22.5. The molecular weight excluding hydrogens is 428 g/mol. The number of carbonyl (C=O) groups is 1. The van der Waals surface area contributed by atoms with Crippen molar-refractivity contribution >= 4 is 23.4 Å². The Balaban J connectivity index is 1.63. The Kier molecular flexibility index (Phi) is 6.22. The summed E-state index contributed by atoms with van der Waals surface area (Å²) in [5.74, 6) is -0.442. The van der Waals surface area contributed by atoms with E-state index in [0.717, 1.165) is 17.3 Å². The molecule has 1 unspecified atom stereocenters. The van der Waals surface area contributed by atoms with E-state index in [2.05, 4.69) is 20.5 Å². The molecule has 0 fully saturated rings. The third kappa shape index (κ3) is 4.65. The first kappa shape index (κ1) is 21.2. The summed E-state index contributed by atoms with van der Waals surface area (Å²) in [5.41, 5.74) is 1.51. The maximum Gasteiger partial charge on any atom is 0.284 e. The summed E-state index contributed by atoms with van der Waals surface area (Å²) in [4.78, 5) is 29.0. The highest BCUT2D eigenvalue weighted by Crippen LogP contribution is 2.34. The molecule has 0 saturated carbocycles. The molecule has 0 aliphatic carbocycles. The average Bonchev–Trinajstić information content (AvgIpc) is 3.22. The minimum absolute atomic E-state index is 0.177. The lowest BCUT2D eigenvalue weighted by molar-refractivity contribution is -0.387. The molecule has 1 amide bonds. The first-order chi connectivity index (χ1) is 15.5. The Morgan fingerprint density at radius 3 is 2.56 bits per heavy atom. The molecule has 4 aromatic rings. The van der Waals surface area contributed by atoms with E-state index in [-0.39, 0.29) is 11.3 Å². The number of nitro benzene ring substituents is 1. The van der Waals surface area contributed by atoms with Crippen molar-refractivity contribution in [2.45, 2.75) is 16.1 Å². The van der Waals surface area contributed by atoms with Gasteiger partial charge in [-0.2, -0.15) is 0 Å². The third-order valence-corrected chi connectivity index (χ3v) is 5.80. The van der Waals surface area contributed by atoms with Gasteiger partial charge < -0.3 is 9.88 Å². The Morgan fingerprint density at radius 1 is 1.12 bits per heavy atom. The van der Waals surface area contributed by atoms with Gasteiger partial charge in [0.1, 0.15) is 6.33 Å². The highest BCUT2D eigenvalue weighted by atomic mass is 32.2. The number of hydrogen-bond donors (Lipinski definition) is 1. The highest BCUT2D eigenvalue weighted by molar-refractivity contribution is 7.99. The van der Waals surface area contributed by atoms with Gasteiger partial charge in [0.2, 0.25) is 0 Å². The zero-order valence-corrected chi connectivity index (χ0v) is 17.8. The minimum atomic E-state index is -0.511. The molecule has 1 atom stereocenters. The van der Waals surface area contributed by atoms with Crippen molar-refractivity contribution in [2.24, 2.45) is 7.05 Å². The SMILES string of the molecule is Cn1cnnc1Sc1ccc(C(=O)NC(c2ccccc2)c2ccccn2)cc1[N+](=O)[O-]. The molecule has 9 nitrogen and oxygen atoms in total. The fraction of sp³-hybridized carbons (Fsp3) is 0.0909. The van der Waals surface area contributed by atoms with Crippen LogP contribution in [-0.4, -0.2) is 30.6 Å². The summed E-state index contributed by atoms with van der Waals surface area (Å²) in [7, 11) is 1.75. The second-order valence-corrected chi connectivity index (χ2v) is 7.85. The van der Waals surface area contributed by atoms with Gasteiger partial charge in [-0.3, -0.25) is 19.9 Å². The number of benzene rings is 2. The number of carbonyl (C=O) groups excluding carboxylic acids is 1. The number of aromatic nitrogens is 4. The van der Waals surface area contributed by atoms with Crippen molar-refractivity contribution in [3.05, 3.63) is 106 Å². The molecule has 4 rings (SSSR count). The standard InChI is InChI=1S/C22H18N6O3S/c1-27-14-24-26-22(27)32-19-11-10-16(13-18(19)28(30)31)21(29)25-20(15-7-3-2-4-8-15)17-9-5-6-12-23-17/h2-14,20H,1H3,(H,25,29). The van der Waals surface area contributed by atoms with Gasteiger partial charge in [-0.25, -0.2) is 0 Å². The summed E-state index contributed by atoms with van der Waals surface area (Å²) in [6, 6.07) is 18.8. The number of pyridine rings is 1. The lowest BCUT2D eigenvalue weighted by Gasteiger charge is -2.19. The van der Waals surface area contributed by atoms with E-state index in [0.29, 0.717) is 15.7 Å². The Morgan fingerprint density at radius 2 is 1.91 bits per heavy atom. The lowest BCUT2D eigenvalue weighted by atomic mass is 10.0. The van der Waals surface area contributed by atoms with E-state index >= 15 is 0 Å². The molecule has 10 heteroatoms. The molecule has 0 radical (unpaired) electrons. The predicted molar refractivity (Wildman–Crippen MR) is 118 cm³/mol. The van der Waals surface area contributed by atoms with Crippen LogP contribution in [0.25, 0.3) is 0 Å². The van der Waals surface area contributed by atoms with Crippen molar-refractivity contribution in [1.82, 2.24) is 25.1 Å². The lowest BCUT2D eigenvalue weighted by Crippen LogP contribution is -2.30. The summed E-state index contributed by atoms with van der Waals surface area (Å²) in [6.07, 6.45) is 3.16. The first-order valence-corrected chi connectivity index (χ1v) is 10.4. The van der Waals surface area contributed by atoms with Crippen LogP contribution in [0.15, 0.2) is 89.3 Å². The number of hydrogen-bond acceptors (Lipinski definition) is 7. The maximum atomic E-state index is 13.1. The summed E-state index contributed by atoms with van der Waals surface area (Å²) in [6.45, 7) is 0. The van der Waals surface area contributed by atoms with E-state index in [1.807, 2.05) is 42.5 Å². The predicted octanol–water partition coefficient (Wildman–Crippen LogP) is 3.79. The van der Waals surface area contributed by atoms with Gasteiger partial charge in [0.25, 0.3) is 11.6 Å². The molecule has 1 N–H and O–H groups in total.